The molecule has 0 heterocycles. The predicted molar refractivity (Wildman–Crippen MR) is 203 cm³/mol. The van der Waals surface area contributed by atoms with Crippen LogP contribution in [0.4, 0.5) is 30.7 Å². The Morgan fingerprint density at radius 3 is 1.54 bits per heavy atom. The molecule has 296 valence electrons. The third-order valence-corrected chi connectivity index (χ3v) is 13.9. The van der Waals surface area contributed by atoms with E-state index >= 15 is 0 Å². The lowest BCUT2D eigenvalue weighted by Gasteiger charge is -2.35. The van der Waals surface area contributed by atoms with Crippen LogP contribution in [0, 0.1) is 11.2 Å². The molecule has 0 aliphatic carbocycles. The molecular formula is C43H41BrF7N2O2P. The minimum absolute atomic E-state index is 0. The fourth-order valence-electron chi connectivity index (χ4n) is 6.67. The van der Waals surface area contributed by atoms with E-state index in [0.29, 0.717) is 0 Å². The van der Waals surface area contributed by atoms with Crippen LogP contribution in [0.15, 0.2) is 133 Å². The number of hydrogen-bond donors (Lipinski definition) is 2. The van der Waals surface area contributed by atoms with Crippen LogP contribution in [0.1, 0.15) is 53.4 Å². The van der Waals surface area contributed by atoms with E-state index in [9.17, 15) is 40.3 Å². The zero-order valence-electron chi connectivity index (χ0n) is 30.8. The van der Waals surface area contributed by atoms with Gasteiger partial charge in [-0.3, -0.25) is 9.59 Å². The molecule has 0 aliphatic rings. The fraction of sp³-hybridized carbons (Fsp3) is 0.256. The number of benzene rings is 5. The fourth-order valence-corrected chi connectivity index (χ4v) is 11.1. The van der Waals surface area contributed by atoms with Crippen LogP contribution in [0.3, 0.4) is 0 Å². The van der Waals surface area contributed by atoms with Crippen molar-refractivity contribution in [3.05, 3.63) is 167 Å². The summed E-state index contributed by atoms with van der Waals surface area (Å²) < 4.78 is 98.5. The van der Waals surface area contributed by atoms with Crippen molar-refractivity contribution in [3.8, 4) is 0 Å². The summed E-state index contributed by atoms with van der Waals surface area (Å²) in [6.07, 6.45) is -9.87. The third kappa shape index (κ3) is 11.3. The maximum atomic E-state index is 14.4. The van der Waals surface area contributed by atoms with E-state index in [-0.39, 0.29) is 52.9 Å². The van der Waals surface area contributed by atoms with Crippen LogP contribution in [-0.2, 0) is 29.7 Å². The molecule has 0 aliphatic heterocycles. The van der Waals surface area contributed by atoms with Crippen molar-refractivity contribution < 1.29 is 57.3 Å². The van der Waals surface area contributed by atoms with E-state index in [1.807, 2.05) is 54.6 Å². The molecule has 5 rings (SSSR count). The van der Waals surface area contributed by atoms with Crippen molar-refractivity contribution in [2.75, 3.05) is 6.16 Å². The molecule has 5 aromatic rings. The Bertz CT molecular complexity index is 1990. The first-order valence-corrected chi connectivity index (χ1v) is 19.7. The number of alkyl halides is 6. The van der Waals surface area contributed by atoms with E-state index < -0.39 is 65.9 Å². The van der Waals surface area contributed by atoms with Gasteiger partial charge in [-0.1, -0.05) is 87.5 Å². The molecule has 0 spiro atoms. The minimum atomic E-state index is -5.04. The van der Waals surface area contributed by atoms with Crippen molar-refractivity contribution in [2.45, 2.75) is 57.8 Å². The maximum Gasteiger partial charge on any atom is 0.416 e. The number of rotatable bonds is 12. The largest absolute Gasteiger partial charge is 1.00 e. The standard InChI is InChI=1S/C43H40F7N2O2P.BrH/c1-41(2,3)38(52-39(53)31-19-21-34(44)22-20-31)40(54)51-35(25-29-13-7-4-8-14-29)28-55(36-15-9-5-10-16-36,37-17-11-6-12-18-37)27-30-23-32(42(45,46)47)26-33(24-30)43(48,49)50;/h4-24,26,35,38H,25,27-28H2,1-3H3,(H-,51,52,53,54);1H/t35-,38+;/m0./s1. The van der Waals surface area contributed by atoms with Gasteiger partial charge >= 0.3 is 12.4 Å². The van der Waals surface area contributed by atoms with Crippen LogP contribution in [0.2, 0.25) is 0 Å². The molecule has 0 saturated heterocycles. The molecule has 56 heavy (non-hydrogen) atoms. The summed E-state index contributed by atoms with van der Waals surface area (Å²) in [5.74, 6) is -1.68. The number of halogens is 8. The smallest absolute Gasteiger partial charge is 0.416 e. The van der Waals surface area contributed by atoms with Gasteiger partial charge in [0.2, 0.25) is 5.91 Å². The zero-order valence-corrected chi connectivity index (χ0v) is 33.2. The van der Waals surface area contributed by atoms with E-state index in [1.54, 1.807) is 57.2 Å². The molecule has 13 heteroatoms. The molecule has 0 fully saturated rings. The SMILES string of the molecule is CC(C)(C)[C@H](NC(=O)c1ccc(F)cc1)C(=O)N[C@@H](Cc1ccccc1)C[P+](Cc1cc(C(F)(F)F)cc(C(F)(F)F)c1)(c1ccccc1)c1ccccc1.[Br-]. The normalized spacial score (nSPS) is 13.2. The lowest BCUT2D eigenvalue weighted by Crippen LogP contribution is -3.00. The Balaban J connectivity index is 0.00000696. The Kier molecular flexibility index (Phi) is 14.3. The average Bonchev–Trinajstić information content (AvgIpc) is 3.13. The number of carbonyl (C=O) groups is 2. The monoisotopic (exact) mass is 860 g/mol. The first kappa shape index (κ1) is 44.2. The summed E-state index contributed by atoms with van der Waals surface area (Å²) >= 11 is 0. The van der Waals surface area contributed by atoms with E-state index in [2.05, 4.69) is 10.6 Å². The van der Waals surface area contributed by atoms with Gasteiger partial charge in [0.25, 0.3) is 5.91 Å². The molecule has 2 amide bonds. The van der Waals surface area contributed by atoms with E-state index in [0.717, 1.165) is 40.4 Å². The molecule has 4 nitrogen and oxygen atoms in total. The molecule has 0 radical (unpaired) electrons. The van der Waals surface area contributed by atoms with Crippen LogP contribution < -0.4 is 38.2 Å². The van der Waals surface area contributed by atoms with Crippen molar-refractivity contribution in [2.24, 2.45) is 5.41 Å². The topological polar surface area (TPSA) is 58.2 Å². The van der Waals surface area contributed by atoms with E-state index in [4.69, 9.17) is 0 Å². The highest BCUT2D eigenvalue weighted by Gasteiger charge is 2.47. The first-order valence-electron chi connectivity index (χ1n) is 17.5. The molecular weight excluding hydrogens is 820 g/mol. The van der Waals surface area contributed by atoms with Gasteiger partial charge in [0.05, 0.1) is 47.4 Å². The second kappa shape index (κ2) is 18.2. The molecule has 0 bridgehead atoms. The van der Waals surface area contributed by atoms with Crippen molar-refractivity contribution >= 4 is 29.7 Å². The third-order valence-electron chi connectivity index (χ3n) is 9.31. The second-order valence-corrected chi connectivity index (χ2v) is 18.2. The number of hydrogen-bond acceptors (Lipinski definition) is 2. The summed E-state index contributed by atoms with van der Waals surface area (Å²) in [5, 5.41) is 7.37. The Hall–Kier alpha value is -4.54. The van der Waals surface area contributed by atoms with Crippen molar-refractivity contribution in [1.29, 1.82) is 0 Å². The minimum Gasteiger partial charge on any atom is -1.00 e. The molecule has 0 unspecified atom stereocenters. The highest BCUT2D eigenvalue weighted by Crippen LogP contribution is 2.60. The van der Waals surface area contributed by atoms with Crippen LogP contribution in [0.5, 0.6) is 0 Å². The maximum absolute atomic E-state index is 14.4. The summed E-state index contributed by atoms with van der Waals surface area (Å²) in [7, 11) is -3.04. The summed E-state index contributed by atoms with van der Waals surface area (Å²) in [5.41, 5.74) is -2.82. The number of nitrogens with one attached hydrogen (secondary N) is 2. The zero-order chi connectivity index (χ0) is 40.0. The predicted octanol–water partition coefficient (Wildman–Crippen LogP) is 6.61. The van der Waals surface area contributed by atoms with Crippen LogP contribution in [0.25, 0.3) is 0 Å². The summed E-state index contributed by atoms with van der Waals surface area (Å²) in [6, 6.07) is 31.9. The quantitative estimate of drug-likeness (QED) is 0.110. The van der Waals surface area contributed by atoms with Gasteiger partial charge < -0.3 is 27.6 Å². The summed E-state index contributed by atoms with van der Waals surface area (Å²) in [6.45, 7) is 5.31. The van der Waals surface area contributed by atoms with Crippen LogP contribution in [-0.4, -0.2) is 30.1 Å². The average molecular weight is 862 g/mol. The second-order valence-electron chi connectivity index (χ2n) is 14.6. The molecule has 5 aromatic carbocycles. The van der Waals surface area contributed by atoms with Gasteiger partial charge in [-0.15, -0.1) is 0 Å². The Morgan fingerprint density at radius 1 is 0.625 bits per heavy atom. The Labute approximate surface area is 333 Å². The molecule has 0 aromatic heterocycles. The van der Waals surface area contributed by atoms with Crippen molar-refractivity contribution in [1.82, 2.24) is 10.6 Å². The number of amides is 2. The lowest BCUT2D eigenvalue weighted by molar-refractivity contribution is -0.143. The highest BCUT2D eigenvalue weighted by molar-refractivity contribution is 7.88. The van der Waals surface area contributed by atoms with Gasteiger partial charge in [-0.2, -0.15) is 26.3 Å². The molecule has 2 atom stereocenters. The van der Waals surface area contributed by atoms with Gasteiger partial charge in [0, 0.05) is 5.56 Å². The van der Waals surface area contributed by atoms with Crippen molar-refractivity contribution in [3.63, 3.8) is 0 Å². The molecule has 2 N–H and O–H groups in total. The number of carbonyl (C=O) groups excluding carboxylic acids is 2. The van der Waals surface area contributed by atoms with Gasteiger partial charge in [-0.05, 0) is 89.7 Å². The Morgan fingerprint density at radius 2 is 1.09 bits per heavy atom. The van der Waals surface area contributed by atoms with Gasteiger partial charge in [0.15, 0.2) is 0 Å². The highest BCUT2D eigenvalue weighted by atomic mass is 79.9. The van der Waals surface area contributed by atoms with E-state index in [1.165, 1.54) is 12.1 Å². The van der Waals surface area contributed by atoms with Gasteiger partial charge in [-0.25, -0.2) is 4.39 Å². The molecule has 0 saturated carbocycles. The first-order chi connectivity index (χ1) is 25.8. The van der Waals surface area contributed by atoms with Crippen LogP contribution >= 0.6 is 7.26 Å². The lowest BCUT2D eigenvalue weighted by atomic mass is 9.85. The summed E-state index contributed by atoms with van der Waals surface area (Å²) in [4.78, 5) is 27.7. The van der Waals surface area contributed by atoms with Gasteiger partial charge in [0.1, 0.15) is 11.9 Å².